The molecule has 0 radical (unpaired) electrons. The molecule has 1 aromatic carbocycles. The first-order valence-electron chi connectivity index (χ1n) is 6.12. The lowest BCUT2D eigenvalue weighted by molar-refractivity contribution is 0.612. The Hall–Kier alpha value is -1.24. The summed E-state index contributed by atoms with van der Waals surface area (Å²) in [5.74, 6) is 1.24. The van der Waals surface area contributed by atoms with E-state index in [0.717, 1.165) is 21.5 Å². The summed E-state index contributed by atoms with van der Waals surface area (Å²) in [6.07, 6.45) is 1.24. The van der Waals surface area contributed by atoms with Crippen molar-refractivity contribution < 1.29 is 4.39 Å². The van der Waals surface area contributed by atoms with Crippen LogP contribution in [-0.2, 0) is 12.8 Å². The van der Waals surface area contributed by atoms with Crippen molar-refractivity contribution in [1.82, 2.24) is 9.97 Å². The molecule has 0 bridgehead atoms. The fraction of sp³-hybridized carbons (Fsp3) is 0.286. The van der Waals surface area contributed by atoms with Crippen LogP contribution in [-0.4, -0.2) is 17.0 Å². The lowest BCUT2D eigenvalue weighted by Gasteiger charge is -2.10. The number of hydrogen-bond donors (Lipinski definition) is 1. The van der Waals surface area contributed by atoms with Crippen molar-refractivity contribution in [1.29, 1.82) is 0 Å². The van der Waals surface area contributed by atoms with E-state index in [9.17, 15) is 4.39 Å². The minimum atomic E-state index is -0.214. The highest BCUT2D eigenvalue weighted by molar-refractivity contribution is 14.1. The second-order valence-electron chi connectivity index (χ2n) is 4.12. The van der Waals surface area contributed by atoms with Gasteiger partial charge in [-0.25, -0.2) is 14.4 Å². The van der Waals surface area contributed by atoms with E-state index < -0.39 is 0 Å². The van der Waals surface area contributed by atoms with Crippen LogP contribution in [0.4, 0.5) is 10.2 Å². The molecular weight excluding hydrogens is 356 g/mol. The lowest BCUT2D eigenvalue weighted by atomic mass is 10.1. The molecular formula is C14H15FIN3. The SMILES string of the molecule is CCc1nc(Cc2ccccc2F)nc(NC)c1I. The van der Waals surface area contributed by atoms with E-state index in [1.54, 1.807) is 12.1 Å². The van der Waals surface area contributed by atoms with E-state index in [1.165, 1.54) is 6.07 Å². The van der Waals surface area contributed by atoms with Crippen LogP contribution in [0.15, 0.2) is 24.3 Å². The van der Waals surface area contributed by atoms with Crippen molar-refractivity contribution in [3.05, 3.63) is 50.7 Å². The summed E-state index contributed by atoms with van der Waals surface area (Å²) in [4.78, 5) is 8.95. The van der Waals surface area contributed by atoms with Crippen LogP contribution < -0.4 is 5.32 Å². The van der Waals surface area contributed by atoms with E-state index in [4.69, 9.17) is 0 Å². The molecule has 0 atom stereocenters. The molecule has 1 N–H and O–H groups in total. The van der Waals surface area contributed by atoms with Crippen molar-refractivity contribution in [3.63, 3.8) is 0 Å². The first kappa shape index (κ1) is 14.2. The zero-order valence-electron chi connectivity index (χ0n) is 10.9. The van der Waals surface area contributed by atoms with E-state index in [-0.39, 0.29) is 5.82 Å². The summed E-state index contributed by atoms with van der Waals surface area (Å²) in [6.45, 7) is 2.05. The second-order valence-corrected chi connectivity index (χ2v) is 5.20. The standard InChI is InChI=1S/C14H15FIN3/c1-3-11-13(16)14(17-2)19-12(18-11)8-9-6-4-5-7-10(9)15/h4-7H,3,8H2,1-2H3,(H,17,18,19). The quantitative estimate of drug-likeness (QED) is 0.838. The van der Waals surface area contributed by atoms with Crippen LogP contribution in [0, 0.1) is 9.39 Å². The van der Waals surface area contributed by atoms with Crippen LogP contribution in [0.5, 0.6) is 0 Å². The number of benzene rings is 1. The first-order valence-corrected chi connectivity index (χ1v) is 7.20. The van der Waals surface area contributed by atoms with Gasteiger partial charge in [-0.2, -0.15) is 0 Å². The van der Waals surface area contributed by atoms with Gasteiger partial charge in [0.05, 0.1) is 9.26 Å². The highest BCUT2D eigenvalue weighted by Gasteiger charge is 2.11. The number of nitrogens with zero attached hydrogens (tertiary/aromatic N) is 2. The largest absolute Gasteiger partial charge is 0.372 e. The summed E-state index contributed by atoms with van der Waals surface area (Å²) >= 11 is 2.23. The van der Waals surface area contributed by atoms with Gasteiger partial charge in [0.1, 0.15) is 17.5 Å². The molecule has 19 heavy (non-hydrogen) atoms. The number of hydrogen-bond acceptors (Lipinski definition) is 3. The smallest absolute Gasteiger partial charge is 0.143 e. The molecule has 0 spiro atoms. The number of halogens is 2. The Bertz CT molecular complexity index is 562. The van der Waals surface area contributed by atoms with Gasteiger partial charge < -0.3 is 5.32 Å². The number of rotatable bonds is 4. The Morgan fingerprint density at radius 2 is 2.00 bits per heavy atom. The summed E-state index contributed by atoms with van der Waals surface area (Å²) in [5, 5.41) is 3.06. The highest BCUT2D eigenvalue weighted by atomic mass is 127. The van der Waals surface area contributed by atoms with Crippen LogP contribution in [0.25, 0.3) is 0 Å². The minimum absolute atomic E-state index is 0.214. The Morgan fingerprint density at radius 3 is 2.63 bits per heavy atom. The van der Waals surface area contributed by atoms with Crippen molar-refractivity contribution in [2.24, 2.45) is 0 Å². The van der Waals surface area contributed by atoms with E-state index in [0.29, 0.717) is 17.8 Å². The molecule has 3 nitrogen and oxygen atoms in total. The Morgan fingerprint density at radius 1 is 1.26 bits per heavy atom. The van der Waals surface area contributed by atoms with Crippen LogP contribution >= 0.6 is 22.6 Å². The average molecular weight is 371 g/mol. The molecule has 0 amide bonds. The van der Waals surface area contributed by atoms with Crippen molar-refractivity contribution in [2.75, 3.05) is 12.4 Å². The maximum absolute atomic E-state index is 13.6. The molecule has 100 valence electrons. The van der Waals surface area contributed by atoms with E-state index in [1.807, 2.05) is 13.1 Å². The normalized spacial score (nSPS) is 10.5. The summed E-state index contributed by atoms with van der Waals surface area (Å²) in [5.41, 5.74) is 1.61. The summed E-state index contributed by atoms with van der Waals surface area (Å²) < 4.78 is 14.7. The van der Waals surface area contributed by atoms with Gasteiger partial charge in [0.2, 0.25) is 0 Å². The first-order chi connectivity index (χ1) is 9.15. The maximum atomic E-state index is 13.6. The molecule has 0 aliphatic heterocycles. The van der Waals surface area contributed by atoms with Crippen LogP contribution in [0.2, 0.25) is 0 Å². The molecule has 0 aliphatic carbocycles. The number of aryl methyl sites for hydroxylation is 1. The number of aromatic nitrogens is 2. The molecule has 5 heteroatoms. The molecule has 2 aromatic rings. The monoisotopic (exact) mass is 371 g/mol. The van der Waals surface area contributed by atoms with Crippen LogP contribution in [0.3, 0.4) is 0 Å². The van der Waals surface area contributed by atoms with Crippen molar-refractivity contribution in [3.8, 4) is 0 Å². The summed E-state index contributed by atoms with van der Waals surface area (Å²) in [6, 6.07) is 6.73. The molecule has 0 saturated heterocycles. The summed E-state index contributed by atoms with van der Waals surface area (Å²) in [7, 11) is 1.83. The third kappa shape index (κ3) is 3.20. The van der Waals surface area contributed by atoms with Gasteiger partial charge in [-0.1, -0.05) is 25.1 Å². The maximum Gasteiger partial charge on any atom is 0.143 e. The zero-order chi connectivity index (χ0) is 13.8. The van der Waals surface area contributed by atoms with Gasteiger partial charge in [0.25, 0.3) is 0 Å². The molecule has 0 fully saturated rings. The van der Waals surface area contributed by atoms with Crippen molar-refractivity contribution >= 4 is 28.4 Å². The van der Waals surface area contributed by atoms with Crippen molar-refractivity contribution in [2.45, 2.75) is 19.8 Å². The fourth-order valence-corrected chi connectivity index (χ4v) is 2.73. The molecule has 1 heterocycles. The predicted molar refractivity (Wildman–Crippen MR) is 82.9 cm³/mol. The lowest BCUT2D eigenvalue weighted by Crippen LogP contribution is -2.08. The molecule has 0 unspecified atom stereocenters. The Balaban J connectivity index is 2.38. The second kappa shape index (κ2) is 6.27. The van der Waals surface area contributed by atoms with Gasteiger partial charge in [-0.15, -0.1) is 0 Å². The highest BCUT2D eigenvalue weighted by Crippen LogP contribution is 2.20. The molecule has 0 saturated carbocycles. The van der Waals surface area contributed by atoms with Crippen LogP contribution in [0.1, 0.15) is 24.0 Å². The molecule has 0 aliphatic rings. The van der Waals surface area contributed by atoms with E-state index >= 15 is 0 Å². The Kier molecular flexibility index (Phi) is 4.68. The van der Waals surface area contributed by atoms with Gasteiger partial charge in [0, 0.05) is 13.5 Å². The molecule has 2 rings (SSSR count). The minimum Gasteiger partial charge on any atom is -0.372 e. The number of anilines is 1. The molecule has 1 aromatic heterocycles. The predicted octanol–water partition coefficient (Wildman–Crippen LogP) is 3.42. The average Bonchev–Trinajstić information content (AvgIpc) is 2.43. The topological polar surface area (TPSA) is 37.8 Å². The van der Waals surface area contributed by atoms with Gasteiger partial charge in [-0.3, -0.25) is 0 Å². The third-order valence-corrected chi connectivity index (χ3v) is 3.98. The van der Waals surface area contributed by atoms with E-state index in [2.05, 4.69) is 44.8 Å². The Labute approximate surface area is 125 Å². The van der Waals surface area contributed by atoms with Gasteiger partial charge >= 0.3 is 0 Å². The zero-order valence-corrected chi connectivity index (χ0v) is 13.0. The third-order valence-electron chi connectivity index (χ3n) is 2.84. The number of nitrogens with one attached hydrogen (secondary N) is 1. The van der Waals surface area contributed by atoms with Gasteiger partial charge in [-0.05, 0) is 40.6 Å². The fourth-order valence-electron chi connectivity index (χ4n) is 1.84. The van der Waals surface area contributed by atoms with Gasteiger partial charge in [0.15, 0.2) is 0 Å².